The van der Waals surface area contributed by atoms with Gasteiger partial charge in [0, 0.05) is 5.38 Å². The summed E-state index contributed by atoms with van der Waals surface area (Å²) >= 11 is 1.48. The molecule has 0 aliphatic carbocycles. The molecule has 0 radical (unpaired) electrons. The molecule has 0 atom stereocenters. The maximum absolute atomic E-state index is 8.45. The van der Waals surface area contributed by atoms with E-state index in [0.717, 1.165) is 16.5 Å². The lowest BCUT2D eigenvalue weighted by Crippen LogP contribution is -1.79. The molecule has 0 aromatic carbocycles. The van der Waals surface area contributed by atoms with Crippen molar-refractivity contribution in [2.75, 3.05) is 0 Å². The summed E-state index contributed by atoms with van der Waals surface area (Å²) in [6.45, 7) is 0. The lowest BCUT2D eigenvalue weighted by molar-refractivity contribution is 0.580. The van der Waals surface area contributed by atoms with E-state index >= 15 is 0 Å². The van der Waals surface area contributed by atoms with E-state index in [1.165, 1.54) is 11.3 Å². The number of rotatable bonds is 2. The Morgan fingerprint density at radius 3 is 3.23 bits per heavy atom. The van der Waals surface area contributed by atoms with E-state index in [0.29, 0.717) is 6.42 Å². The minimum Gasteiger partial charge on any atom is -0.463 e. The summed E-state index contributed by atoms with van der Waals surface area (Å²) in [4.78, 5) is 4.24. The Morgan fingerprint density at radius 2 is 2.54 bits per heavy atom. The van der Waals surface area contributed by atoms with Crippen LogP contribution in [0.2, 0.25) is 0 Å². The molecule has 0 spiro atoms. The maximum atomic E-state index is 8.45. The van der Waals surface area contributed by atoms with Gasteiger partial charge < -0.3 is 4.42 Å². The van der Waals surface area contributed by atoms with Gasteiger partial charge in [0.05, 0.1) is 18.8 Å². The van der Waals surface area contributed by atoms with Crippen molar-refractivity contribution < 1.29 is 4.42 Å². The van der Waals surface area contributed by atoms with Crippen molar-refractivity contribution in [1.82, 2.24) is 4.98 Å². The van der Waals surface area contributed by atoms with Crippen molar-refractivity contribution in [3.8, 4) is 17.5 Å². The zero-order valence-corrected chi connectivity index (χ0v) is 7.54. The van der Waals surface area contributed by atoms with Crippen LogP contribution in [-0.4, -0.2) is 4.98 Å². The van der Waals surface area contributed by atoms with Crippen LogP contribution in [0.5, 0.6) is 0 Å². The molecule has 13 heavy (non-hydrogen) atoms. The lowest BCUT2D eigenvalue weighted by atomic mass is 10.4. The summed E-state index contributed by atoms with van der Waals surface area (Å²) in [7, 11) is 0. The van der Waals surface area contributed by atoms with Gasteiger partial charge in [0.25, 0.3) is 0 Å². The smallest absolute Gasteiger partial charge is 0.153 e. The summed E-state index contributed by atoms with van der Waals surface area (Å²) in [6.07, 6.45) is 1.98. The second kappa shape index (κ2) is 3.42. The highest BCUT2D eigenvalue weighted by atomic mass is 32.1. The Balaban J connectivity index is 2.29. The molecule has 3 nitrogen and oxygen atoms in total. The van der Waals surface area contributed by atoms with Gasteiger partial charge >= 0.3 is 0 Å². The summed E-state index contributed by atoms with van der Waals surface area (Å²) in [5.41, 5.74) is 0.806. The number of hydrogen-bond donors (Lipinski definition) is 0. The third-order valence-corrected chi connectivity index (χ3v) is 2.40. The Hall–Kier alpha value is -1.60. The van der Waals surface area contributed by atoms with Gasteiger partial charge in [0.2, 0.25) is 0 Å². The largest absolute Gasteiger partial charge is 0.463 e. The van der Waals surface area contributed by atoms with Crippen molar-refractivity contribution >= 4 is 11.3 Å². The third-order valence-electron chi connectivity index (χ3n) is 1.56. The first-order valence-electron chi connectivity index (χ1n) is 3.75. The Labute approximate surface area is 79.3 Å². The molecule has 0 N–H and O–H groups in total. The lowest BCUT2D eigenvalue weighted by Gasteiger charge is -1.86. The first-order chi connectivity index (χ1) is 6.40. The number of nitrogens with zero attached hydrogens (tertiary/aromatic N) is 2. The second-order valence-electron chi connectivity index (χ2n) is 2.44. The van der Waals surface area contributed by atoms with Crippen LogP contribution >= 0.6 is 11.3 Å². The molecule has 64 valence electrons. The number of furan rings is 1. The minimum atomic E-state index is 0.366. The van der Waals surface area contributed by atoms with Gasteiger partial charge in [-0.25, -0.2) is 4.98 Å². The Kier molecular flexibility index (Phi) is 2.11. The van der Waals surface area contributed by atoms with Gasteiger partial charge in [-0.3, -0.25) is 0 Å². The number of thiazole rings is 1. The highest BCUT2D eigenvalue weighted by molar-refractivity contribution is 7.10. The molecule has 2 rings (SSSR count). The van der Waals surface area contributed by atoms with Gasteiger partial charge in [-0.15, -0.1) is 11.3 Å². The van der Waals surface area contributed by atoms with Crippen LogP contribution in [0.25, 0.3) is 11.5 Å². The van der Waals surface area contributed by atoms with E-state index in [-0.39, 0.29) is 0 Å². The van der Waals surface area contributed by atoms with Gasteiger partial charge in [-0.05, 0) is 12.1 Å². The first kappa shape index (κ1) is 8.02. The van der Waals surface area contributed by atoms with Crippen molar-refractivity contribution in [3.63, 3.8) is 0 Å². The maximum Gasteiger partial charge on any atom is 0.153 e. The number of aromatic nitrogens is 1. The minimum absolute atomic E-state index is 0.366. The molecule has 0 unspecified atom stereocenters. The van der Waals surface area contributed by atoms with E-state index in [1.54, 1.807) is 6.26 Å². The Bertz CT molecular complexity index is 425. The van der Waals surface area contributed by atoms with Crippen LogP contribution in [-0.2, 0) is 6.42 Å². The van der Waals surface area contributed by atoms with Gasteiger partial charge in [-0.2, -0.15) is 5.26 Å². The average Bonchev–Trinajstić information content (AvgIpc) is 2.70. The van der Waals surface area contributed by atoms with Crippen LogP contribution in [0.3, 0.4) is 0 Å². The number of nitriles is 1. The monoisotopic (exact) mass is 190 g/mol. The van der Waals surface area contributed by atoms with Crippen LogP contribution in [0.4, 0.5) is 0 Å². The molecule has 2 heterocycles. The molecule has 0 saturated heterocycles. The molecule has 0 saturated carbocycles. The summed E-state index contributed by atoms with van der Waals surface area (Å²) < 4.78 is 5.17. The first-order valence-corrected chi connectivity index (χ1v) is 4.63. The molecular weight excluding hydrogens is 184 g/mol. The highest BCUT2D eigenvalue weighted by Crippen LogP contribution is 2.21. The van der Waals surface area contributed by atoms with E-state index in [9.17, 15) is 0 Å². The molecule has 4 heteroatoms. The van der Waals surface area contributed by atoms with Crippen LogP contribution in [0, 0.1) is 11.3 Å². The zero-order chi connectivity index (χ0) is 9.10. The third kappa shape index (κ3) is 1.60. The molecule has 0 aliphatic heterocycles. The van der Waals surface area contributed by atoms with E-state index < -0.39 is 0 Å². The van der Waals surface area contributed by atoms with Crippen molar-refractivity contribution in [1.29, 1.82) is 5.26 Å². The van der Waals surface area contributed by atoms with Gasteiger partial charge in [0.1, 0.15) is 10.7 Å². The average molecular weight is 190 g/mol. The quantitative estimate of drug-likeness (QED) is 0.730. The summed E-state index contributed by atoms with van der Waals surface area (Å²) in [5, 5.41) is 11.2. The molecule has 0 fully saturated rings. The fraction of sp³-hybridized carbons (Fsp3) is 0.111. The molecule has 0 amide bonds. The van der Waals surface area contributed by atoms with E-state index in [2.05, 4.69) is 11.1 Å². The fourth-order valence-electron chi connectivity index (χ4n) is 0.997. The second-order valence-corrected chi connectivity index (χ2v) is 3.38. The molecular formula is C9H6N2OS. The van der Waals surface area contributed by atoms with Gasteiger partial charge in [0.15, 0.2) is 5.76 Å². The van der Waals surface area contributed by atoms with Crippen molar-refractivity contribution in [2.24, 2.45) is 0 Å². The van der Waals surface area contributed by atoms with E-state index in [1.807, 2.05) is 17.5 Å². The van der Waals surface area contributed by atoms with E-state index in [4.69, 9.17) is 9.68 Å². The SMILES string of the molecule is N#CCc1nc(-c2ccco2)cs1. The molecule has 2 aromatic heterocycles. The topological polar surface area (TPSA) is 49.8 Å². The molecule has 0 bridgehead atoms. The number of hydrogen-bond acceptors (Lipinski definition) is 4. The van der Waals surface area contributed by atoms with Crippen LogP contribution < -0.4 is 0 Å². The van der Waals surface area contributed by atoms with Gasteiger partial charge in [-0.1, -0.05) is 0 Å². The predicted octanol–water partition coefficient (Wildman–Crippen LogP) is 2.47. The molecule has 0 aliphatic rings. The standard InChI is InChI=1S/C9H6N2OS/c10-4-3-9-11-7(6-13-9)8-2-1-5-12-8/h1-2,5-6H,3H2. The Morgan fingerprint density at radius 1 is 1.62 bits per heavy atom. The fourth-order valence-corrected chi connectivity index (χ4v) is 1.71. The summed E-state index contributed by atoms with van der Waals surface area (Å²) in [6, 6.07) is 5.73. The van der Waals surface area contributed by atoms with Crippen LogP contribution in [0.1, 0.15) is 5.01 Å². The normalized spacial score (nSPS) is 9.77. The highest BCUT2D eigenvalue weighted by Gasteiger charge is 2.05. The zero-order valence-electron chi connectivity index (χ0n) is 6.73. The summed E-state index contributed by atoms with van der Waals surface area (Å²) in [5.74, 6) is 0.750. The van der Waals surface area contributed by atoms with Crippen molar-refractivity contribution in [3.05, 3.63) is 28.8 Å². The molecule has 2 aromatic rings. The van der Waals surface area contributed by atoms with Crippen LogP contribution in [0.15, 0.2) is 28.2 Å². The predicted molar refractivity (Wildman–Crippen MR) is 49.1 cm³/mol. The van der Waals surface area contributed by atoms with Crippen molar-refractivity contribution in [2.45, 2.75) is 6.42 Å².